The first-order chi connectivity index (χ1) is 14.4. The molecule has 0 radical (unpaired) electrons. The largest absolute Gasteiger partial charge is 0.495 e. The van der Waals surface area contributed by atoms with Crippen molar-refractivity contribution in [2.45, 2.75) is 12.1 Å². The van der Waals surface area contributed by atoms with Crippen molar-refractivity contribution in [2.24, 2.45) is 10.3 Å². The molecule has 3 amide bonds. The van der Waals surface area contributed by atoms with E-state index in [4.69, 9.17) is 16.3 Å². The van der Waals surface area contributed by atoms with Crippen LogP contribution in [0.2, 0.25) is 5.02 Å². The fourth-order valence-corrected chi connectivity index (χ4v) is 3.55. The minimum absolute atomic E-state index is 0.230. The number of carbonyl (C=O) groups excluding carboxylic acids is 3. The van der Waals surface area contributed by atoms with E-state index in [0.717, 1.165) is 22.0 Å². The molecule has 30 heavy (non-hydrogen) atoms. The molecule has 2 aromatic rings. The van der Waals surface area contributed by atoms with Gasteiger partial charge in [0.15, 0.2) is 12.1 Å². The molecule has 154 valence electrons. The van der Waals surface area contributed by atoms with Crippen LogP contribution in [0.25, 0.3) is 0 Å². The van der Waals surface area contributed by atoms with Crippen LogP contribution >= 0.6 is 11.6 Å². The number of anilines is 2. The SMILES string of the molecule is COc1ccc(NC(=O)CN2N=N[C@H]3C(=O)N(c4ccc(F)cc4)C(=O)[C@H]32)cc1Cl. The number of amides is 3. The van der Waals surface area contributed by atoms with Crippen LogP contribution in [0.4, 0.5) is 15.8 Å². The number of ether oxygens (including phenoxy) is 1. The summed E-state index contributed by atoms with van der Waals surface area (Å²) >= 11 is 6.04. The van der Waals surface area contributed by atoms with Crippen molar-refractivity contribution in [3.05, 3.63) is 53.3 Å². The molecule has 0 spiro atoms. The first-order valence-corrected chi connectivity index (χ1v) is 9.21. The van der Waals surface area contributed by atoms with Crippen molar-refractivity contribution in [3.8, 4) is 5.75 Å². The lowest BCUT2D eigenvalue weighted by molar-refractivity contribution is -0.123. The van der Waals surface area contributed by atoms with Crippen molar-refractivity contribution in [1.82, 2.24) is 5.01 Å². The molecule has 9 nitrogen and oxygen atoms in total. The van der Waals surface area contributed by atoms with Crippen molar-refractivity contribution < 1.29 is 23.5 Å². The van der Waals surface area contributed by atoms with Gasteiger partial charge < -0.3 is 10.1 Å². The number of rotatable bonds is 5. The Hall–Kier alpha value is -3.53. The van der Waals surface area contributed by atoms with E-state index in [0.29, 0.717) is 16.5 Å². The van der Waals surface area contributed by atoms with Crippen molar-refractivity contribution in [3.63, 3.8) is 0 Å². The molecule has 2 aliphatic heterocycles. The Balaban J connectivity index is 1.46. The maximum atomic E-state index is 13.2. The minimum atomic E-state index is -1.05. The van der Waals surface area contributed by atoms with Gasteiger partial charge in [0.25, 0.3) is 11.8 Å². The number of methoxy groups -OCH3 is 1. The maximum absolute atomic E-state index is 13.2. The zero-order chi connectivity index (χ0) is 21.4. The Bertz CT molecular complexity index is 1060. The summed E-state index contributed by atoms with van der Waals surface area (Å²) in [5.41, 5.74) is 0.661. The van der Waals surface area contributed by atoms with E-state index in [-0.39, 0.29) is 12.2 Å². The van der Waals surface area contributed by atoms with Gasteiger partial charge in [-0.05, 0) is 42.5 Å². The molecule has 4 rings (SSSR count). The van der Waals surface area contributed by atoms with Crippen LogP contribution in [-0.4, -0.2) is 48.5 Å². The zero-order valence-electron chi connectivity index (χ0n) is 15.6. The van der Waals surface area contributed by atoms with E-state index < -0.39 is 35.6 Å². The molecule has 0 bridgehead atoms. The van der Waals surface area contributed by atoms with Gasteiger partial charge in [-0.3, -0.25) is 19.4 Å². The molecule has 0 aliphatic carbocycles. The molecule has 2 aromatic carbocycles. The van der Waals surface area contributed by atoms with Gasteiger partial charge in [0.1, 0.15) is 18.1 Å². The van der Waals surface area contributed by atoms with Crippen LogP contribution in [0.5, 0.6) is 5.75 Å². The molecule has 1 fully saturated rings. The number of benzene rings is 2. The first kappa shape index (κ1) is 19.8. The topological polar surface area (TPSA) is 104 Å². The predicted octanol–water partition coefficient (Wildman–Crippen LogP) is 2.42. The van der Waals surface area contributed by atoms with Crippen LogP contribution in [0.3, 0.4) is 0 Å². The summed E-state index contributed by atoms with van der Waals surface area (Å²) in [5, 5.41) is 11.8. The third-order valence-corrected chi connectivity index (χ3v) is 4.98. The molecule has 0 saturated carbocycles. The van der Waals surface area contributed by atoms with Gasteiger partial charge in [0.05, 0.1) is 17.8 Å². The van der Waals surface area contributed by atoms with E-state index in [1.807, 2.05) is 0 Å². The molecule has 2 atom stereocenters. The summed E-state index contributed by atoms with van der Waals surface area (Å²) in [6.07, 6.45) is 0. The second kappa shape index (κ2) is 7.71. The predicted molar refractivity (Wildman–Crippen MR) is 105 cm³/mol. The lowest BCUT2D eigenvalue weighted by Gasteiger charge is -2.20. The summed E-state index contributed by atoms with van der Waals surface area (Å²) in [7, 11) is 1.48. The molecular formula is C19H15ClFN5O4. The second-order valence-corrected chi connectivity index (χ2v) is 6.99. The van der Waals surface area contributed by atoms with Crippen molar-refractivity contribution in [1.29, 1.82) is 0 Å². The lowest BCUT2D eigenvalue weighted by atomic mass is 10.1. The monoisotopic (exact) mass is 431 g/mol. The average Bonchev–Trinajstić information content (AvgIpc) is 3.23. The Morgan fingerprint density at radius 2 is 1.93 bits per heavy atom. The van der Waals surface area contributed by atoms with Crippen molar-refractivity contribution >= 4 is 40.7 Å². The highest BCUT2D eigenvalue weighted by Gasteiger charge is 2.55. The molecule has 0 unspecified atom stereocenters. The third kappa shape index (κ3) is 3.45. The van der Waals surface area contributed by atoms with Crippen LogP contribution in [-0.2, 0) is 14.4 Å². The smallest absolute Gasteiger partial charge is 0.263 e. The van der Waals surface area contributed by atoms with Gasteiger partial charge in [-0.2, -0.15) is 5.11 Å². The number of hydrogen-bond donors (Lipinski definition) is 1. The molecule has 1 N–H and O–H groups in total. The number of hydrogen-bond acceptors (Lipinski definition) is 7. The van der Waals surface area contributed by atoms with Gasteiger partial charge in [0, 0.05) is 5.69 Å². The van der Waals surface area contributed by atoms with E-state index >= 15 is 0 Å². The molecule has 1 saturated heterocycles. The number of nitrogens with one attached hydrogen (secondary N) is 1. The van der Waals surface area contributed by atoms with Gasteiger partial charge in [-0.1, -0.05) is 16.8 Å². The normalized spacial score (nSPS) is 20.0. The molecule has 11 heteroatoms. The Kier molecular flexibility index (Phi) is 5.08. The van der Waals surface area contributed by atoms with Gasteiger partial charge >= 0.3 is 0 Å². The first-order valence-electron chi connectivity index (χ1n) is 8.83. The summed E-state index contributed by atoms with van der Waals surface area (Å²) in [4.78, 5) is 38.8. The van der Waals surface area contributed by atoms with Gasteiger partial charge in [0.2, 0.25) is 5.91 Å². The van der Waals surface area contributed by atoms with E-state index in [2.05, 4.69) is 15.7 Å². The highest BCUT2D eigenvalue weighted by Crippen LogP contribution is 2.32. The summed E-state index contributed by atoms with van der Waals surface area (Å²) in [5.74, 6) is -1.67. The molecular weight excluding hydrogens is 417 g/mol. The van der Waals surface area contributed by atoms with Crippen LogP contribution < -0.4 is 15.0 Å². The van der Waals surface area contributed by atoms with Crippen molar-refractivity contribution in [2.75, 3.05) is 23.9 Å². The Morgan fingerprint density at radius 1 is 1.20 bits per heavy atom. The Labute approximate surface area is 175 Å². The number of halogens is 2. The van der Waals surface area contributed by atoms with Gasteiger partial charge in [-0.25, -0.2) is 9.29 Å². The Morgan fingerprint density at radius 3 is 2.60 bits per heavy atom. The molecule has 0 aromatic heterocycles. The number of fused-ring (bicyclic) bond motifs is 1. The number of nitrogens with zero attached hydrogens (tertiary/aromatic N) is 4. The highest BCUT2D eigenvalue weighted by atomic mass is 35.5. The fraction of sp³-hybridized carbons (Fsp3) is 0.211. The van der Waals surface area contributed by atoms with E-state index in [1.165, 1.54) is 25.3 Å². The molecule has 2 aliphatic rings. The fourth-order valence-electron chi connectivity index (χ4n) is 3.29. The lowest BCUT2D eigenvalue weighted by Crippen LogP contribution is -2.43. The minimum Gasteiger partial charge on any atom is -0.495 e. The number of imide groups is 1. The number of carbonyl (C=O) groups is 3. The summed E-state index contributed by atoms with van der Waals surface area (Å²) in [6.45, 7) is -0.301. The molecule has 2 heterocycles. The highest BCUT2D eigenvalue weighted by molar-refractivity contribution is 6.32. The second-order valence-electron chi connectivity index (χ2n) is 6.58. The van der Waals surface area contributed by atoms with Crippen LogP contribution in [0, 0.1) is 5.82 Å². The van der Waals surface area contributed by atoms with Crippen LogP contribution in [0.1, 0.15) is 0 Å². The van der Waals surface area contributed by atoms with Gasteiger partial charge in [-0.15, -0.1) is 0 Å². The standard InChI is InChI=1S/C19H15ClFN5O4/c1-30-14-7-4-11(8-13(14)20)22-15(27)9-25-17-16(23-24-25)18(28)26(19(17)29)12-5-2-10(21)3-6-12/h2-8,16-17H,9H2,1H3,(H,22,27)/t16-,17+/m1/s1. The van der Waals surface area contributed by atoms with Crippen LogP contribution in [0.15, 0.2) is 52.8 Å². The van der Waals surface area contributed by atoms with E-state index in [1.54, 1.807) is 12.1 Å². The average molecular weight is 432 g/mol. The zero-order valence-corrected chi connectivity index (χ0v) is 16.3. The summed E-state index contributed by atoms with van der Waals surface area (Å²) < 4.78 is 18.2. The summed E-state index contributed by atoms with van der Waals surface area (Å²) in [6, 6.07) is 7.60. The third-order valence-electron chi connectivity index (χ3n) is 4.68. The maximum Gasteiger partial charge on any atom is 0.263 e. The van der Waals surface area contributed by atoms with E-state index in [9.17, 15) is 18.8 Å². The quantitative estimate of drug-likeness (QED) is 0.732.